The zero-order valence-corrected chi connectivity index (χ0v) is 10.1. The summed E-state index contributed by atoms with van der Waals surface area (Å²) < 4.78 is 26.2. The van der Waals surface area contributed by atoms with E-state index < -0.39 is 11.6 Å². The Morgan fingerprint density at radius 1 is 1.31 bits per heavy atom. The summed E-state index contributed by atoms with van der Waals surface area (Å²) in [5.41, 5.74) is 0.278. The third kappa shape index (κ3) is 3.17. The predicted octanol–water partition coefficient (Wildman–Crippen LogP) is 2.40. The second-order valence-corrected chi connectivity index (χ2v) is 4.59. The average molecular weight is 228 g/mol. The van der Waals surface area contributed by atoms with Crippen molar-refractivity contribution in [1.82, 2.24) is 5.32 Å². The van der Waals surface area contributed by atoms with E-state index in [2.05, 4.69) is 5.32 Å². The van der Waals surface area contributed by atoms with Gasteiger partial charge in [0.1, 0.15) is 11.6 Å². The minimum absolute atomic E-state index is 0.129. The van der Waals surface area contributed by atoms with Crippen LogP contribution in [-0.4, -0.2) is 26.2 Å². The summed E-state index contributed by atoms with van der Waals surface area (Å²) in [4.78, 5) is 1.77. The molecule has 0 bridgehead atoms. The van der Waals surface area contributed by atoms with Crippen LogP contribution in [0.4, 0.5) is 14.5 Å². The summed E-state index contributed by atoms with van der Waals surface area (Å²) in [5.74, 6) is -1.09. The van der Waals surface area contributed by atoms with E-state index in [1.807, 2.05) is 20.9 Å². The fraction of sp³-hybridized carbons (Fsp3) is 0.500. The highest BCUT2D eigenvalue weighted by Crippen LogP contribution is 2.20. The minimum Gasteiger partial charge on any atom is -0.370 e. The van der Waals surface area contributed by atoms with E-state index in [9.17, 15) is 8.78 Å². The number of likely N-dealkylation sites (N-methyl/N-ethyl adjacent to an activating group) is 2. The molecule has 0 spiro atoms. The van der Waals surface area contributed by atoms with E-state index in [-0.39, 0.29) is 5.54 Å². The van der Waals surface area contributed by atoms with Crippen molar-refractivity contribution in [3.8, 4) is 0 Å². The van der Waals surface area contributed by atoms with E-state index >= 15 is 0 Å². The van der Waals surface area contributed by atoms with Crippen LogP contribution >= 0.6 is 0 Å². The zero-order valence-electron chi connectivity index (χ0n) is 10.1. The fourth-order valence-corrected chi connectivity index (χ4v) is 1.55. The first-order valence-electron chi connectivity index (χ1n) is 5.21. The van der Waals surface area contributed by atoms with Gasteiger partial charge in [0, 0.05) is 25.2 Å². The molecule has 0 radical (unpaired) electrons. The quantitative estimate of drug-likeness (QED) is 0.851. The van der Waals surface area contributed by atoms with Crippen molar-refractivity contribution >= 4 is 5.69 Å². The lowest BCUT2D eigenvalue weighted by molar-refractivity contribution is 0.426. The van der Waals surface area contributed by atoms with Gasteiger partial charge in [0.05, 0.1) is 5.69 Å². The Hall–Kier alpha value is -1.16. The number of rotatable bonds is 4. The van der Waals surface area contributed by atoms with Gasteiger partial charge in [-0.05, 0) is 33.0 Å². The minimum atomic E-state index is -0.553. The Morgan fingerprint density at radius 2 is 1.94 bits per heavy atom. The van der Waals surface area contributed by atoms with Crippen molar-refractivity contribution in [2.24, 2.45) is 0 Å². The van der Waals surface area contributed by atoms with Crippen LogP contribution in [0.1, 0.15) is 13.8 Å². The Kier molecular flexibility index (Phi) is 3.86. The van der Waals surface area contributed by atoms with Gasteiger partial charge in [-0.25, -0.2) is 8.78 Å². The summed E-state index contributed by atoms with van der Waals surface area (Å²) in [5, 5.41) is 3.13. The summed E-state index contributed by atoms with van der Waals surface area (Å²) in [6, 6.07) is 3.62. The Balaban J connectivity index is 2.84. The third-order valence-corrected chi connectivity index (χ3v) is 2.63. The van der Waals surface area contributed by atoms with Crippen molar-refractivity contribution in [2.75, 3.05) is 25.5 Å². The van der Waals surface area contributed by atoms with Gasteiger partial charge in [0.25, 0.3) is 0 Å². The van der Waals surface area contributed by atoms with Crippen LogP contribution in [0, 0.1) is 11.6 Å². The molecule has 1 N–H and O–H groups in total. The van der Waals surface area contributed by atoms with Crippen molar-refractivity contribution in [3.05, 3.63) is 29.8 Å². The third-order valence-electron chi connectivity index (χ3n) is 2.63. The molecule has 16 heavy (non-hydrogen) atoms. The molecule has 0 amide bonds. The van der Waals surface area contributed by atoms with Crippen molar-refractivity contribution in [2.45, 2.75) is 19.4 Å². The number of nitrogens with one attached hydrogen (secondary N) is 1. The SMILES string of the molecule is CNC(C)(C)CN(C)c1ccc(F)cc1F. The van der Waals surface area contributed by atoms with Crippen LogP contribution in [0.5, 0.6) is 0 Å². The first-order valence-corrected chi connectivity index (χ1v) is 5.21. The molecule has 0 saturated heterocycles. The molecule has 2 nitrogen and oxygen atoms in total. The average Bonchev–Trinajstić information content (AvgIpc) is 2.16. The van der Waals surface area contributed by atoms with Crippen LogP contribution in [0.25, 0.3) is 0 Å². The number of halogens is 2. The highest BCUT2D eigenvalue weighted by molar-refractivity contribution is 5.47. The standard InChI is InChI=1S/C12H18F2N2/c1-12(2,15-3)8-16(4)11-6-5-9(13)7-10(11)14/h5-7,15H,8H2,1-4H3. The maximum absolute atomic E-state index is 13.5. The van der Waals surface area contributed by atoms with E-state index in [4.69, 9.17) is 0 Å². The fourth-order valence-electron chi connectivity index (χ4n) is 1.55. The van der Waals surface area contributed by atoms with E-state index in [0.29, 0.717) is 12.2 Å². The van der Waals surface area contributed by atoms with Gasteiger partial charge in [-0.15, -0.1) is 0 Å². The van der Waals surface area contributed by atoms with Crippen LogP contribution in [-0.2, 0) is 0 Å². The van der Waals surface area contributed by atoms with Crippen molar-refractivity contribution in [3.63, 3.8) is 0 Å². The molecule has 90 valence electrons. The molecular weight excluding hydrogens is 210 g/mol. The maximum Gasteiger partial charge on any atom is 0.149 e. The monoisotopic (exact) mass is 228 g/mol. The molecule has 1 aromatic carbocycles. The van der Waals surface area contributed by atoms with Gasteiger partial charge in [-0.1, -0.05) is 0 Å². The molecule has 0 aromatic heterocycles. The molecule has 4 heteroatoms. The molecular formula is C12H18F2N2. The number of hydrogen-bond acceptors (Lipinski definition) is 2. The van der Waals surface area contributed by atoms with Crippen LogP contribution in [0.15, 0.2) is 18.2 Å². The molecule has 0 aliphatic carbocycles. The largest absolute Gasteiger partial charge is 0.370 e. The molecule has 1 rings (SSSR count). The molecule has 0 saturated carbocycles. The highest BCUT2D eigenvalue weighted by atomic mass is 19.1. The maximum atomic E-state index is 13.5. The predicted molar refractivity (Wildman–Crippen MR) is 62.8 cm³/mol. The van der Waals surface area contributed by atoms with Crippen molar-refractivity contribution < 1.29 is 8.78 Å². The summed E-state index contributed by atoms with van der Waals surface area (Å²) in [6.07, 6.45) is 0. The first-order chi connectivity index (χ1) is 7.35. The van der Waals surface area contributed by atoms with Gasteiger partial charge in [0.15, 0.2) is 0 Å². The van der Waals surface area contributed by atoms with Gasteiger partial charge in [-0.2, -0.15) is 0 Å². The number of benzene rings is 1. The molecule has 0 fully saturated rings. The van der Waals surface area contributed by atoms with Crippen LogP contribution in [0.3, 0.4) is 0 Å². The number of nitrogens with zero attached hydrogens (tertiary/aromatic N) is 1. The molecule has 0 unspecified atom stereocenters. The Morgan fingerprint density at radius 3 is 2.44 bits per heavy atom. The van der Waals surface area contributed by atoms with Gasteiger partial charge in [0.2, 0.25) is 0 Å². The van der Waals surface area contributed by atoms with Crippen LogP contribution in [0.2, 0.25) is 0 Å². The summed E-state index contributed by atoms with van der Waals surface area (Å²) in [7, 11) is 3.64. The molecule has 0 atom stereocenters. The first kappa shape index (κ1) is 12.9. The molecule has 0 aliphatic rings. The van der Waals surface area contributed by atoms with Crippen LogP contribution < -0.4 is 10.2 Å². The molecule has 0 heterocycles. The second kappa shape index (κ2) is 4.78. The second-order valence-electron chi connectivity index (χ2n) is 4.59. The summed E-state index contributed by atoms with van der Waals surface area (Å²) in [6.45, 7) is 4.67. The van der Waals surface area contributed by atoms with E-state index in [1.165, 1.54) is 12.1 Å². The molecule has 0 aliphatic heterocycles. The topological polar surface area (TPSA) is 15.3 Å². The van der Waals surface area contributed by atoms with Crippen molar-refractivity contribution in [1.29, 1.82) is 0 Å². The summed E-state index contributed by atoms with van der Waals surface area (Å²) >= 11 is 0. The van der Waals surface area contributed by atoms with Gasteiger partial charge < -0.3 is 10.2 Å². The van der Waals surface area contributed by atoms with Gasteiger partial charge >= 0.3 is 0 Å². The molecule has 1 aromatic rings. The normalized spacial score (nSPS) is 11.6. The van der Waals surface area contributed by atoms with E-state index in [1.54, 1.807) is 11.9 Å². The lowest BCUT2D eigenvalue weighted by Gasteiger charge is -2.31. The van der Waals surface area contributed by atoms with E-state index in [0.717, 1.165) is 6.07 Å². The highest BCUT2D eigenvalue weighted by Gasteiger charge is 2.19. The number of hydrogen-bond donors (Lipinski definition) is 1. The number of anilines is 1. The Labute approximate surface area is 95.3 Å². The lowest BCUT2D eigenvalue weighted by atomic mass is 10.1. The zero-order chi connectivity index (χ0) is 12.3. The van der Waals surface area contributed by atoms with Gasteiger partial charge in [-0.3, -0.25) is 0 Å². The smallest absolute Gasteiger partial charge is 0.149 e. The Bertz CT molecular complexity index is 364. The lowest BCUT2D eigenvalue weighted by Crippen LogP contribution is -2.46.